The van der Waals surface area contributed by atoms with Crippen LogP contribution in [0.2, 0.25) is 0 Å². The molecule has 5 heteroatoms. The minimum absolute atomic E-state index is 0.0218. The van der Waals surface area contributed by atoms with Gasteiger partial charge in [0.2, 0.25) is 5.91 Å². The van der Waals surface area contributed by atoms with E-state index in [1.165, 1.54) is 0 Å². The van der Waals surface area contributed by atoms with Crippen LogP contribution in [0.25, 0.3) is 10.9 Å². The van der Waals surface area contributed by atoms with Crippen molar-refractivity contribution in [2.24, 2.45) is 0 Å². The first-order valence-corrected chi connectivity index (χ1v) is 9.20. The maximum atomic E-state index is 12.6. The van der Waals surface area contributed by atoms with E-state index in [0.29, 0.717) is 13.0 Å². The Bertz CT molecular complexity index is 884. The molecule has 3 aromatic rings. The van der Waals surface area contributed by atoms with Crippen molar-refractivity contribution in [3.63, 3.8) is 0 Å². The fourth-order valence-corrected chi connectivity index (χ4v) is 3.30. The highest BCUT2D eigenvalue weighted by molar-refractivity contribution is 5.86. The Balaban J connectivity index is 1.87. The number of nitrogens with zero attached hydrogens (tertiary/aromatic N) is 1. The molecule has 142 valence electrons. The van der Waals surface area contributed by atoms with Gasteiger partial charge in [-0.15, -0.1) is 0 Å². The van der Waals surface area contributed by atoms with Gasteiger partial charge in [0.25, 0.3) is 0 Å². The molecule has 1 aromatic heterocycles. The first-order valence-electron chi connectivity index (χ1n) is 9.20. The van der Waals surface area contributed by atoms with Crippen molar-refractivity contribution >= 4 is 16.8 Å². The van der Waals surface area contributed by atoms with Crippen LogP contribution >= 0.6 is 0 Å². The van der Waals surface area contributed by atoms with Gasteiger partial charge in [-0.25, -0.2) is 0 Å². The molecule has 0 fully saturated rings. The second-order valence-corrected chi connectivity index (χ2v) is 6.97. The van der Waals surface area contributed by atoms with Crippen LogP contribution in [0.1, 0.15) is 23.5 Å². The van der Waals surface area contributed by atoms with Crippen molar-refractivity contribution in [1.82, 2.24) is 15.2 Å². The Morgan fingerprint density at radius 1 is 1.15 bits per heavy atom. The Hall–Kier alpha value is -2.79. The summed E-state index contributed by atoms with van der Waals surface area (Å²) in [7, 11) is 5.65. The molecule has 3 rings (SSSR count). The van der Waals surface area contributed by atoms with Crippen LogP contribution in [-0.2, 0) is 4.79 Å². The lowest BCUT2D eigenvalue weighted by molar-refractivity contribution is -0.121. The van der Waals surface area contributed by atoms with E-state index in [9.17, 15) is 4.79 Å². The summed E-state index contributed by atoms with van der Waals surface area (Å²) in [6.45, 7) is 1.47. The van der Waals surface area contributed by atoms with Crippen molar-refractivity contribution in [3.05, 3.63) is 65.9 Å². The highest BCUT2D eigenvalue weighted by Gasteiger charge is 2.21. The van der Waals surface area contributed by atoms with Crippen molar-refractivity contribution in [2.75, 3.05) is 34.3 Å². The van der Waals surface area contributed by atoms with Gasteiger partial charge in [0.15, 0.2) is 0 Å². The number of benzene rings is 2. The van der Waals surface area contributed by atoms with E-state index in [4.69, 9.17) is 4.74 Å². The molecule has 1 heterocycles. The second-order valence-electron chi connectivity index (χ2n) is 6.97. The zero-order valence-corrected chi connectivity index (χ0v) is 16.2. The van der Waals surface area contributed by atoms with Crippen molar-refractivity contribution < 1.29 is 9.53 Å². The van der Waals surface area contributed by atoms with Gasteiger partial charge in [-0.3, -0.25) is 4.79 Å². The van der Waals surface area contributed by atoms with Crippen molar-refractivity contribution in [3.8, 4) is 5.75 Å². The summed E-state index contributed by atoms with van der Waals surface area (Å²) in [5.41, 5.74) is 3.32. The molecule has 1 amide bonds. The number of carbonyl (C=O) groups excluding carboxylic acids is 1. The Labute approximate surface area is 160 Å². The van der Waals surface area contributed by atoms with Crippen LogP contribution in [0, 0.1) is 0 Å². The summed E-state index contributed by atoms with van der Waals surface area (Å²) in [6, 6.07) is 16.2. The topological polar surface area (TPSA) is 57.4 Å². The molecule has 0 radical (unpaired) electrons. The molecule has 0 aliphatic carbocycles. The van der Waals surface area contributed by atoms with E-state index < -0.39 is 0 Å². The summed E-state index contributed by atoms with van der Waals surface area (Å²) in [4.78, 5) is 18.0. The molecular weight excluding hydrogens is 338 g/mol. The number of methoxy groups -OCH3 is 1. The van der Waals surface area contributed by atoms with Gasteiger partial charge in [-0.2, -0.15) is 0 Å². The standard InChI is InChI=1S/C22H27N3O2/c1-25(2)13-12-23-22(26)14-19(16-8-10-17(27-3)11-9-16)20-15-24-21-7-5-4-6-18(20)21/h4-11,15,19,24H,12-14H2,1-3H3,(H,23,26)/t19-/m0/s1. The minimum atomic E-state index is -0.0218. The predicted octanol–water partition coefficient (Wildman–Crippen LogP) is 3.38. The molecule has 0 aliphatic heterocycles. The first-order chi connectivity index (χ1) is 13.1. The predicted molar refractivity (Wildman–Crippen MR) is 109 cm³/mol. The molecule has 0 spiro atoms. The smallest absolute Gasteiger partial charge is 0.220 e. The maximum Gasteiger partial charge on any atom is 0.220 e. The van der Waals surface area contributed by atoms with E-state index in [2.05, 4.69) is 27.3 Å². The molecule has 27 heavy (non-hydrogen) atoms. The monoisotopic (exact) mass is 365 g/mol. The van der Waals surface area contributed by atoms with Crippen LogP contribution in [0.15, 0.2) is 54.7 Å². The highest BCUT2D eigenvalue weighted by atomic mass is 16.5. The lowest BCUT2D eigenvalue weighted by Crippen LogP contribution is -2.32. The van der Waals surface area contributed by atoms with Gasteiger partial charge in [-0.1, -0.05) is 30.3 Å². The third kappa shape index (κ3) is 4.68. The van der Waals surface area contributed by atoms with Crippen molar-refractivity contribution in [2.45, 2.75) is 12.3 Å². The third-order valence-electron chi connectivity index (χ3n) is 4.79. The largest absolute Gasteiger partial charge is 0.497 e. The fraction of sp³-hybridized carbons (Fsp3) is 0.318. The number of hydrogen-bond donors (Lipinski definition) is 2. The average Bonchev–Trinajstić information content (AvgIpc) is 3.10. The Kier molecular flexibility index (Phi) is 6.14. The number of H-pyrrole nitrogens is 1. The molecule has 2 aromatic carbocycles. The van der Waals surface area contributed by atoms with Gasteiger partial charge >= 0.3 is 0 Å². The second kappa shape index (κ2) is 8.73. The first kappa shape index (κ1) is 19.0. The molecule has 0 bridgehead atoms. The Morgan fingerprint density at radius 3 is 2.59 bits per heavy atom. The number of rotatable bonds is 8. The maximum absolute atomic E-state index is 12.6. The molecule has 2 N–H and O–H groups in total. The van der Waals surface area contributed by atoms with E-state index in [1.54, 1.807) is 7.11 Å². The summed E-state index contributed by atoms with van der Waals surface area (Å²) >= 11 is 0. The zero-order valence-electron chi connectivity index (χ0n) is 16.2. The summed E-state index contributed by atoms with van der Waals surface area (Å²) in [6.07, 6.45) is 2.42. The summed E-state index contributed by atoms with van der Waals surface area (Å²) < 4.78 is 5.28. The summed E-state index contributed by atoms with van der Waals surface area (Å²) in [5.74, 6) is 0.848. The van der Waals surface area contributed by atoms with Gasteiger partial charge < -0.3 is 19.9 Å². The summed E-state index contributed by atoms with van der Waals surface area (Å²) in [5, 5.41) is 4.18. The fourth-order valence-electron chi connectivity index (χ4n) is 3.30. The normalized spacial score (nSPS) is 12.3. The molecule has 0 unspecified atom stereocenters. The van der Waals surface area contributed by atoms with E-state index >= 15 is 0 Å². The molecular formula is C22H27N3O2. The highest BCUT2D eigenvalue weighted by Crippen LogP contribution is 2.34. The zero-order chi connectivity index (χ0) is 19.2. The van der Waals surface area contributed by atoms with Crippen LogP contribution in [-0.4, -0.2) is 50.1 Å². The molecule has 0 saturated heterocycles. The lowest BCUT2D eigenvalue weighted by atomic mass is 9.88. The number of ether oxygens (including phenoxy) is 1. The van der Waals surface area contributed by atoms with E-state index in [-0.39, 0.29) is 11.8 Å². The number of hydrogen-bond acceptors (Lipinski definition) is 3. The van der Waals surface area contributed by atoms with Gasteiger partial charge in [0.1, 0.15) is 5.75 Å². The quantitative estimate of drug-likeness (QED) is 0.643. The number of aromatic amines is 1. The third-order valence-corrected chi connectivity index (χ3v) is 4.79. The Morgan fingerprint density at radius 2 is 1.89 bits per heavy atom. The van der Waals surface area contributed by atoms with E-state index in [1.807, 2.05) is 56.7 Å². The molecule has 5 nitrogen and oxygen atoms in total. The van der Waals surface area contributed by atoms with E-state index in [0.717, 1.165) is 34.3 Å². The van der Waals surface area contributed by atoms with Crippen LogP contribution < -0.4 is 10.1 Å². The lowest BCUT2D eigenvalue weighted by Gasteiger charge is -2.18. The number of likely N-dealkylation sites (N-methyl/N-ethyl adjacent to an activating group) is 1. The SMILES string of the molecule is COc1ccc([C@H](CC(=O)NCCN(C)C)c2c[nH]c3ccccc23)cc1. The van der Waals surface area contributed by atoms with Crippen LogP contribution in [0.4, 0.5) is 0 Å². The van der Waals surface area contributed by atoms with Crippen LogP contribution in [0.3, 0.4) is 0 Å². The van der Waals surface area contributed by atoms with Gasteiger partial charge in [0.05, 0.1) is 7.11 Å². The van der Waals surface area contributed by atoms with Crippen LogP contribution in [0.5, 0.6) is 5.75 Å². The number of fused-ring (bicyclic) bond motifs is 1. The van der Waals surface area contributed by atoms with Crippen molar-refractivity contribution in [1.29, 1.82) is 0 Å². The minimum Gasteiger partial charge on any atom is -0.497 e. The number of aromatic nitrogens is 1. The average molecular weight is 365 g/mol. The molecule has 0 aliphatic rings. The number of carbonyl (C=O) groups is 1. The number of para-hydroxylation sites is 1. The number of nitrogens with one attached hydrogen (secondary N) is 2. The number of amides is 1. The van der Waals surface area contributed by atoms with Gasteiger partial charge in [0, 0.05) is 42.5 Å². The van der Waals surface area contributed by atoms with Gasteiger partial charge in [-0.05, 0) is 43.4 Å². The molecule has 0 saturated carbocycles. The molecule has 1 atom stereocenters.